The number of nitrogens with one attached hydrogen (secondary N) is 1. The molecule has 0 atom stereocenters. The third kappa shape index (κ3) is 2.98. The molecule has 0 spiro atoms. The standard InChI is InChI=1S/C11H21NO2/c1-11(2,10(13)14-3)12-9-7-5-4-6-8-9/h9,12H,4-8H2,1-3H3. The lowest BCUT2D eigenvalue weighted by Gasteiger charge is -2.31. The van der Waals surface area contributed by atoms with Gasteiger partial charge < -0.3 is 4.74 Å². The summed E-state index contributed by atoms with van der Waals surface area (Å²) >= 11 is 0. The van der Waals surface area contributed by atoms with E-state index in [4.69, 9.17) is 4.74 Å². The van der Waals surface area contributed by atoms with Gasteiger partial charge in [-0.05, 0) is 26.7 Å². The van der Waals surface area contributed by atoms with Crippen LogP contribution in [-0.2, 0) is 9.53 Å². The minimum absolute atomic E-state index is 0.178. The molecule has 0 bridgehead atoms. The number of carbonyl (C=O) groups excluding carboxylic acids is 1. The lowest BCUT2D eigenvalue weighted by atomic mass is 9.92. The highest BCUT2D eigenvalue weighted by molar-refractivity contribution is 5.79. The lowest BCUT2D eigenvalue weighted by molar-refractivity contribution is -0.147. The van der Waals surface area contributed by atoms with E-state index in [-0.39, 0.29) is 5.97 Å². The molecule has 0 heterocycles. The van der Waals surface area contributed by atoms with Crippen molar-refractivity contribution in [3.05, 3.63) is 0 Å². The molecule has 82 valence electrons. The first-order valence-electron chi connectivity index (χ1n) is 5.42. The highest BCUT2D eigenvalue weighted by Crippen LogP contribution is 2.20. The Morgan fingerprint density at radius 1 is 1.29 bits per heavy atom. The van der Waals surface area contributed by atoms with Gasteiger partial charge >= 0.3 is 5.97 Å². The molecule has 3 heteroatoms. The van der Waals surface area contributed by atoms with Gasteiger partial charge in [0.05, 0.1) is 7.11 Å². The quantitative estimate of drug-likeness (QED) is 0.705. The normalized spacial score (nSPS) is 19.4. The maximum Gasteiger partial charge on any atom is 0.325 e. The molecule has 3 nitrogen and oxygen atoms in total. The molecule has 14 heavy (non-hydrogen) atoms. The van der Waals surface area contributed by atoms with Gasteiger partial charge in [0.2, 0.25) is 0 Å². The fourth-order valence-corrected chi connectivity index (χ4v) is 2.07. The minimum atomic E-state index is -0.545. The van der Waals surface area contributed by atoms with E-state index >= 15 is 0 Å². The highest BCUT2D eigenvalue weighted by atomic mass is 16.5. The minimum Gasteiger partial charge on any atom is -0.468 e. The predicted octanol–water partition coefficient (Wildman–Crippen LogP) is 1.86. The van der Waals surface area contributed by atoms with E-state index < -0.39 is 5.54 Å². The number of esters is 1. The first-order chi connectivity index (χ1) is 6.56. The zero-order chi connectivity index (χ0) is 10.6. The zero-order valence-electron chi connectivity index (χ0n) is 9.43. The molecular weight excluding hydrogens is 178 g/mol. The van der Waals surface area contributed by atoms with Crippen LogP contribution >= 0.6 is 0 Å². The van der Waals surface area contributed by atoms with Gasteiger partial charge in [0.1, 0.15) is 5.54 Å². The van der Waals surface area contributed by atoms with Crippen molar-refractivity contribution in [2.75, 3.05) is 7.11 Å². The van der Waals surface area contributed by atoms with E-state index in [1.165, 1.54) is 39.2 Å². The molecule has 0 radical (unpaired) electrons. The Balaban J connectivity index is 2.44. The van der Waals surface area contributed by atoms with Gasteiger partial charge in [0.15, 0.2) is 0 Å². The largest absolute Gasteiger partial charge is 0.468 e. The van der Waals surface area contributed by atoms with Gasteiger partial charge in [-0.2, -0.15) is 0 Å². The number of rotatable bonds is 3. The van der Waals surface area contributed by atoms with Crippen LogP contribution in [0.4, 0.5) is 0 Å². The van der Waals surface area contributed by atoms with Crippen LogP contribution in [0.3, 0.4) is 0 Å². The Hall–Kier alpha value is -0.570. The summed E-state index contributed by atoms with van der Waals surface area (Å²) in [6, 6.07) is 0.484. The van der Waals surface area contributed by atoms with Crippen LogP contribution < -0.4 is 5.32 Å². The smallest absolute Gasteiger partial charge is 0.325 e. The summed E-state index contributed by atoms with van der Waals surface area (Å²) in [5, 5.41) is 3.37. The van der Waals surface area contributed by atoms with E-state index in [0.29, 0.717) is 6.04 Å². The average Bonchev–Trinajstić information content (AvgIpc) is 2.17. The van der Waals surface area contributed by atoms with Crippen molar-refractivity contribution >= 4 is 5.97 Å². The van der Waals surface area contributed by atoms with E-state index in [1.54, 1.807) is 0 Å². The van der Waals surface area contributed by atoms with E-state index in [9.17, 15) is 4.79 Å². The number of ether oxygens (including phenoxy) is 1. The third-order valence-electron chi connectivity index (χ3n) is 2.87. The molecule has 1 saturated carbocycles. The van der Waals surface area contributed by atoms with E-state index in [0.717, 1.165) is 0 Å². The predicted molar refractivity (Wildman–Crippen MR) is 56.1 cm³/mol. The van der Waals surface area contributed by atoms with Gasteiger partial charge in [-0.1, -0.05) is 19.3 Å². The molecule has 0 aliphatic heterocycles. The molecule has 0 aromatic carbocycles. The second kappa shape index (κ2) is 4.78. The van der Waals surface area contributed by atoms with Gasteiger partial charge in [-0.3, -0.25) is 10.1 Å². The van der Waals surface area contributed by atoms with Gasteiger partial charge in [0.25, 0.3) is 0 Å². The maximum absolute atomic E-state index is 11.4. The van der Waals surface area contributed by atoms with Crippen LogP contribution in [0, 0.1) is 0 Å². The van der Waals surface area contributed by atoms with Crippen molar-refractivity contribution in [1.29, 1.82) is 0 Å². The number of carbonyl (C=O) groups is 1. The van der Waals surface area contributed by atoms with Crippen LogP contribution in [0.25, 0.3) is 0 Å². The molecular formula is C11H21NO2. The molecule has 0 aromatic rings. The second-order valence-electron chi connectivity index (χ2n) is 4.60. The molecule has 0 amide bonds. The molecule has 1 aliphatic carbocycles. The molecule has 0 saturated heterocycles. The SMILES string of the molecule is COC(=O)C(C)(C)NC1CCCCC1. The molecule has 1 rings (SSSR count). The first kappa shape index (κ1) is 11.5. The van der Waals surface area contributed by atoms with Gasteiger partial charge in [-0.15, -0.1) is 0 Å². The van der Waals surface area contributed by atoms with Crippen LogP contribution in [0.15, 0.2) is 0 Å². The summed E-state index contributed by atoms with van der Waals surface area (Å²) in [6.45, 7) is 3.76. The number of hydrogen-bond acceptors (Lipinski definition) is 3. The van der Waals surface area contributed by atoms with Crippen molar-refractivity contribution in [2.45, 2.75) is 57.5 Å². The summed E-state index contributed by atoms with van der Waals surface area (Å²) in [6.07, 6.45) is 6.24. The fraction of sp³-hybridized carbons (Fsp3) is 0.909. The van der Waals surface area contributed by atoms with E-state index in [2.05, 4.69) is 5.32 Å². The summed E-state index contributed by atoms with van der Waals surface area (Å²) in [4.78, 5) is 11.4. The molecule has 1 aliphatic rings. The van der Waals surface area contributed by atoms with Crippen molar-refractivity contribution < 1.29 is 9.53 Å². The van der Waals surface area contributed by atoms with Gasteiger partial charge in [-0.25, -0.2) is 0 Å². The van der Waals surface area contributed by atoms with Crippen LogP contribution in [0.1, 0.15) is 46.0 Å². The van der Waals surface area contributed by atoms with Gasteiger partial charge in [0, 0.05) is 6.04 Å². The van der Waals surface area contributed by atoms with Crippen molar-refractivity contribution in [3.8, 4) is 0 Å². The van der Waals surface area contributed by atoms with E-state index in [1.807, 2.05) is 13.8 Å². The number of hydrogen-bond donors (Lipinski definition) is 1. The zero-order valence-corrected chi connectivity index (χ0v) is 9.43. The Labute approximate surface area is 86.2 Å². The molecule has 0 unspecified atom stereocenters. The lowest BCUT2D eigenvalue weighted by Crippen LogP contribution is -2.52. The summed E-state index contributed by atoms with van der Waals surface area (Å²) in [5.41, 5.74) is -0.545. The van der Waals surface area contributed by atoms with Crippen LogP contribution in [-0.4, -0.2) is 24.7 Å². The Bertz CT molecular complexity index is 195. The monoisotopic (exact) mass is 199 g/mol. The molecule has 0 aromatic heterocycles. The maximum atomic E-state index is 11.4. The van der Waals surface area contributed by atoms with Crippen molar-refractivity contribution in [2.24, 2.45) is 0 Å². The van der Waals surface area contributed by atoms with Crippen molar-refractivity contribution in [1.82, 2.24) is 5.32 Å². The van der Waals surface area contributed by atoms with Crippen LogP contribution in [0.2, 0.25) is 0 Å². The van der Waals surface area contributed by atoms with Crippen LogP contribution in [0.5, 0.6) is 0 Å². The fourth-order valence-electron chi connectivity index (χ4n) is 2.07. The Morgan fingerprint density at radius 2 is 1.86 bits per heavy atom. The highest BCUT2D eigenvalue weighted by Gasteiger charge is 2.31. The molecule has 1 fully saturated rings. The number of methoxy groups -OCH3 is 1. The topological polar surface area (TPSA) is 38.3 Å². The Kier molecular flexibility index (Phi) is 3.93. The van der Waals surface area contributed by atoms with Crippen molar-refractivity contribution in [3.63, 3.8) is 0 Å². The second-order valence-corrected chi connectivity index (χ2v) is 4.60. The molecule has 1 N–H and O–H groups in total. The summed E-state index contributed by atoms with van der Waals surface area (Å²) in [7, 11) is 1.44. The average molecular weight is 199 g/mol. The first-order valence-corrected chi connectivity index (χ1v) is 5.42. The summed E-state index contributed by atoms with van der Waals surface area (Å²) in [5.74, 6) is -0.178. The third-order valence-corrected chi connectivity index (χ3v) is 2.87. The summed E-state index contributed by atoms with van der Waals surface area (Å²) < 4.78 is 4.76. The Morgan fingerprint density at radius 3 is 2.36 bits per heavy atom.